The van der Waals surface area contributed by atoms with Crippen LogP contribution in [0.2, 0.25) is 0 Å². The van der Waals surface area contributed by atoms with Crippen LogP contribution in [0.5, 0.6) is 5.75 Å². The first-order valence-electron chi connectivity index (χ1n) is 14.8. The molecule has 1 aromatic heterocycles. The van der Waals surface area contributed by atoms with Crippen molar-refractivity contribution in [3.05, 3.63) is 46.6 Å². The molecule has 1 aliphatic rings. The van der Waals surface area contributed by atoms with Crippen LogP contribution in [0.15, 0.2) is 35.2 Å². The first kappa shape index (κ1) is 36.2. The minimum absolute atomic E-state index is 0.0233. The number of aliphatic hydroxyl groups excluding tert-OH is 2. The lowest BCUT2D eigenvalue weighted by molar-refractivity contribution is -0.127. The molecule has 1 amide bonds. The number of sulfonamides is 1. The molecule has 16 heteroatoms. The molecule has 47 heavy (non-hydrogen) atoms. The molecule has 1 aliphatic heterocycles. The second-order valence-electron chi connectivity index (χ2n) is 11.1. The van der Waals surface area contributed by atoms with Crippen molar-refractivity contribution in [2.75, 3.05) is 50.0 Å². The number of carbonyl (C=O) groups excluding carboxylic acids is 1. The SMILES string of the molecule is CC(=O)NS(=O)(=O)c1cc(OCCO)c(NCC#Cc2sc3c(NC4CCN(CC(C)O)CC4)cccc3c2CC(F)(F)F)cc1F. The van der Waals surface area contributed by atoms with Crippen molar-refractivity contribution in [3.63, 3.8) is 0 Å². The Morgan fingerprint density at radius 3 is 2.57 bits per heavy atom. The third-order valence-electron chi connectivity index (χ3n) is 7.18. The number of fused-ring (bicyclic) bond motifs is 1. The summed E-state index contributed by atoms with van der Waals surface area (Å²) in [6.07, 6.45) is -4.47. The number of nitrogens with one attached hydrogen (secondary N) is 3. The summed E-state index contributed by atoms with van der Waals surface area (Å²) in [4.78, 5) is 12.8. The van der Waals surface area contributed by atoms with E-state index in [4.69, 9.17) is 9.84 Å². The zero-order chi connectivity index (χ0) is 34.4. The molecule has 1 fully saturated rings. The highest BCUT2D eigenvalue weighted by Crippen LogP contribution is 2.39. The number of alkyl halides is 3. The zero-order valence-electron chi connectivity index (χ0n) is 25.7. The summed E-state index contributed by atoms with van der Waals surface area (Å²) in [7, 11) is -4.55. The van der Waals surface area contributed by atoms with Gasteiger partial charge < -0.3 is 30.5 Å². The number of ether oxygens (including phenoxy) is 1. The van der Waals surface area contributed by atoms with E-state index < -0.39 is 52.0 Å². The Bertz CT molecular complexity index is 1740. The molecular weight excluding hydrogens is 664 g/mol. The predicted molar refractivity (Wildman–Crippen MR) is 172 cm³/mol. The van der Waals surface area contributed by atoms with Crippen LogP contribution in [0.3, 0.4) is 0 Å². The number of piperidine rings is 1. The predicted octanol–water partition coefficient (Wildman–Crippen LogP) is 4.06. The molecule has 0 bridgehead atoms. The third kappa shape index (κ3) is 9.94. The van der Waals surface area contributed by atoms with Crippen molar-refractivity contribution < 1.29 is 45.7 Å². The molecule has 1 saturated heterocycles. The van der Waals surface area contributed by atoms with Crippen LogP contribution in [-0.2, 0) is 21.2 Å². The fourth-order valence-electron chi connectivity index (χ4n) is 5.28. The maximum atomic E-state index is 14.8. The van der Waals surface area contributed by atoms with Crippen LogP contribution in [-0.4, -0.2) is 87.2 Å². The number of hydrogen-bond acceptors (Lipinski definition) is 10. The van der Waals surface area contributed by atoms with E-state index in [1.54, 1.807) is 23.8 Å². The Kier molecular flexibility index (Phi) is 12.0. The average Bonchev–Trinajstić information content (AvgIpc) is 3.31. The van der Waals surface area contributed by atoms with Crippen molar-refractivity contribution in [3.8, 4) is 17.6 Å². The second kappa shape index (κ2) is 15.5. The van der Waals surface area contributed by atoms with Crippen LogP contribution in [0.1, 0.15) is 37.1 Å². The van der Waals surface area contributed by atoms with Crippen molar-refractivity contribution in [2.45, 2.75) is 56.3 Å². The van der Waals surface area contributed by atoms with Gasteiger partial charge in [0.2, 0.25) is 5.91 Å². The number of thiophene rings is 1. The van der Waals surface area contributed by atoms with E-state index in [1.165, 1.54) is 0 Å². The van der Waals surface area contributed by atoms with Gasteiger partial charge in [-0.05, 0) is 36.8 Å². The molecule has 1 atom stereocenters. The van der Waals surface area contributed by atoms with Gasteiger partial charge in [0, 0.05) is 44.7 Å². The van der Waals surface area contributed by atoms with Crippen LogP contribution in [0.4, 0.5) is 28.9 Å². The van der Waals surface area contributed by atoms with E-state index in [0.29, 0.717) is 22.3 Å². The summed E-state index contributed by atoms with van der Waals surface area (Å²) in [5, 5.41) is 25.6. The van der Waals surface area contributed by atoms with E-state index >= 15 is 0 Å². The lowest BCUT2D eigenvalue weighted by Crippen LogP contribution is -2.41. The Hall–Kier alpha value is -3.62. The van der Waals surface area contributed by atoms with Gasteiger partial charge in [0.15, 0.2) is 0 Å². The number of carbonyl (C=O) groups is 1. The van der Waals surface area contributed by atoms with Crippen molar-refractivity contribution in [1.29, 1.82) is 0 Å². The number of likely N-dealkylation sites (tertiary alicyclic amines) is 1. The number of halogens is 4. The lowest BCUT2D eigenvalue weighted by Gasteiger charge is -2.33. The fourth-order valence-corrected chi connectivity index (χ4v) is 7.51. The molecule has 0 spiro atoms. The summed E-state index contributed by atoms with van der Waals surface area (Å²) in [5.41, 5.74) is 0.738. The van der Waals surface area contributed by atoms with Crippen molar-refractivity contribution in [1.82, 2.24) is 9.62 Å². The molecule has 1 unspecified atom stereocenters. The molecule has 256 valence electrons. The number of amides is 1. The second-order valence-corrected chi connectivity index (χ2v) is 13.8. The molecule has 2 aromatic carbocycles. The number of β-amino-alcohol motifs (C(OH)–C–C–N with tert-alkyl or cyclic N) is 1. The van der Waals surface area contributed by atoms with Gasteiger partial charge in [0.1, 0.15) is 23.1 Å². The number of benzene rings is 2. The summed E-state index contributed by atoms with van der Waals surface area (Å²) in [6.45, 7) is 3.98. The summed E-state index contributed by atoms with van der Waals surface area (Å²) < 4.78 is 88.3. The Morgan fingerprint density at radius 1 is 1.21 bits per heavy atom. The van der Waals surface area contributed by atoms with Gasteiger partial charge in [-0.25, -0.2) is 17.5 Å². The first-order chi connectivity index (χ1) is 22.2. The summed E-state index contributed by atoms with van der Waals surface area (Å²) >= 11 is 1.14. The maximum Gasteiger partial charge on any atom is 0.393 e. The van der Waals surface area contributed by atoms with E-state index in [2.05, 4.69) is 27.4 Å². The molecular formula is C31H36F4N4O6S2. The van der Waals surface area contributed by atoms with Gasteiger partial charge in [0.25, 0.3) is 10.0 Å². The molecule has 5 N–H and O–H groups in total. The summed E-state index contributed by atoms with van der Waals surface area (Å²) in [6, 6.07) is 6.96. The largest absolute Gasteiger partial charge is 0.489 e. The topological polar surface area (TPSA) is 140 Å². The van der Waals surface area contributed by atoms with E-state index in [1.807, 2.05) is 6.07 Å². The van der Waals surface area contributed by atoms with E-state index in [0.717, 1.165) is 56.3 Å². The van der Waals surface area contributed by atoms with Gasteiger partial charge in [-0.15, -0.1) is 11.3 Å². The van der Waals surface area contributed by atoms with Crippen LogP contribution >= 0.6 is 11.3 Å². The van der Waals surface area contributed by atoms with Crippen LogP contribution in [0, 0.1) is 17.7 Å². The number of anilines is 2. The lowest BCUT2D eigenvalue weighted by atomic mass is 10.0. The highest BCUT2D eigenvalue weighted by molar-refractivity contribution is 7.90. The molecule has 4 rings (SSSR count). The average molecular weight is 701 g/mol. The minimum atomic E-state index is -4.55. The monoisotopic (exact) mass is 700 g/mol. The highest BCUT2D eigenvalue weighted by atomic mass is 32.2. The normalized spacial score (nSPS) is 15.1. The fraction of sp³-hybridized carbons (Fsp3) is 0.452. The number of nitrogens with zero attached hydrogens (tertiary/aromatic N) is 1. The van der Waals surface area contributed by atoms with Crippen LogP contribution < -0.4 is 20.1 Å². The number of aliphatic hydroxyl groups is 2. The standard InChI is InChI=1S/C31H36F4N4O6S2/c1-19(41)18-39-11-8-21(9-12-39)37-25-6-3-5-22-23(17-31(33,34)35)28(46-30(22)25)7-4-10-36-26-15-24(32)29(16-27(26)45-14-13-40)47(43,44)38-20(2)42/h3,5-6,15-16,19,21,36-37,40-41H,8-14,17-18H2,1-2H3,(H,38,42). The smallest absolute Gasteiger partial charge is 0.393 e. The first-order valence-corrected chi connectivity index (χ1v) is 17.1. The van der Waals surface area contributed by atoms with Gasteiger partial charge in [-0.2, -0.15) is 13.2 Å². The third-order valence-corrected chi connectivity index (χ3v) is 9.83. The maximum absolute atomic E-state index is 14.8. The van der Waals surface area contributed by atoms with Gasteiger partial charge >= 0.3 is 6.18 Å². The number of hydrogen-bond donors (Lipinski definition) is 5. The Morgan fingerprint density at radius 2 is 1.94 bits per heavy atom. The van der Waals surface area contributed by atoms with Crippen LogP contribution in [0.25, 0.3) is 10.1 Å². The Balaban J connectivity index is 1.58. The molecule has 10 nitrogen and oxygen atoms in total. The molecule has 0 radical (unpaired) electrons. The van der Waals surface area contributed by atoms with Gasteiger partial charge in [-0.3, -0.25) is 4.79 Å². The molecule has 0 saturated carbocycles. The summed E-state index contributed by atoms with van der Waals surface area (Å²) in [5.74, 6) is 3.30. The number of rotatable bonds is 12. The van der Waals surface area contributed by atoms with Crippen molar-refractivity contribution in [2.24, 2.45) is 0 Å². The van der Waals surface area contributed by atoms with Gasteiger partial charge in [0.05, 0.1) is 46.6 Å². The quantitative estimate of drug-likeness (QED) is 0.140. The van der Waals surface area contributed by atoms with Gasteiger partial charge in [-0.1, -0.05) is 24.0 Å². The highest BCUT2D eigenvalue weighted by Gasteiger charge is 2.31. The van der Waals surface area contributed by atoms with E-state index in [9.17, 15) is 35.9 Å². The van der Waals surface area contributed by atoms with Crippen molar-refractivity contribution >= 4 is 48.7 Å². The van der Waals surface area contributed by atoms with E-state index in [-0.39, 0.29) is 41.1 Å². The zero-order valence-corrected chi connectivity index (χ0v) is 27.3. The minimum Gasteiger partial charge on any atom is -0.489 e. The molecule has 3 aromatic rings. The molecule has 2 heterocycles. The Labute approximate surface area is 274 Å². The molecule has 0 aliphatic carbocycles.